The standard InChI is InChI=1S/C13H14O4/c1-7(14)8-4-9-11(5-10(8)15)17-12(16)6-13(9,2)3/h4-5,15H,6H2,1-3H3. The molecule has 0 radical (unpaired) electrons. The third-order valence-electron chi connectivity index (χ3n) is 3.02. The molecule has 90 valence electrons. The molecule has 0 bridgehead atoms. The van der Waals surface area contributed by atoms with Gasteiger partial charge in [-0.1, -0.05) is 13.8 Å². The van der Waals surface area contributed by atoms with Crippen LogP contribution in [0.3, 0.4) is 0 Å². The maximum atomic E-state index is 11.4. The first-order valence-electron chi connectivity index (χ1n) is 5.40. The maximum absolute atomic E-state index is 11.4. The number of phenols is 1. The van der Waals surface area contributed by atoms with Gasteiger partial charge in [-0.05, 0) is 13.0 Å². The molecule has 1 aromatic carbocycles. The second-order valence-electron chi connectivity index (χ2n) is 4.96. The summed E-state index contributed by atoms with van der Waals surface area (Å²) in [7, 11) is 0. The Bertz CT molecular complexity index is 514. The Hall–Kier alpha value is -1.84. The highest BCUT2D eigenvalue weighted by Crippen LogP contribution is 2.41. The summed E-state index contributed by atoms with van der Waals surface area (Å²) in [5.74, 6) is -0.342. The van der Waals surface area contributed by atoms with Crippen molar-refractivity contribution in [2.75, 3.05) is 0 Å². The molecule has 0 atom stereocenters. The Balaban J connectivity index is 2.65. The summed E-state index contributed by atoms with van der Waals surface area (Å²) in [5.41, 5.74) is 0.651. The molecule has 17 heavy (non-hydrogen) atoms. The van der Waals surface area contributed by atoms with E-state index in [1.807, 2.05) is 13.8 Å². The zero-order valence-electron chi connectivity index (χ0n) is 10.0. The van der Waals surface area contributed by atoms with Crippen molar-refractivity contribution in [3.05, 3.63) is 23.3 Å². The van der Waals surface area contributed by atoms with Gasteiger partial charge < -0.3 is 9.84 Å². The fraction of sp³-hybridized carbons (Fsp3) is 0.385. The van der Waals surface area contributed by atoms with Crippen LogP contribution in [0, 0.1) is 0 Å². The molecule has 1 heterocycles. The number of phenolic OH excluding ortho intramolecular Hbond substituents is 1. The zero-order chi connectivity index (χ0) is 12.8. The number of ether oxygens (including phenoxy) is 1. The lowest BCUT2D eigenvalue weighted by atomic mass is 9.78. The molecule has 0 fully saturated rings. The first kappa shape index (κ1) is 11.6. The molecular formula is C13H14O4. The van der Waals surface area contributed by atoms with Crippen LogP contribution < -0.4 is 4.74 Å². The van der Waals surface area contributed by atoms with Crippen LogP contribution in [-0.2, 0) is 10.2 Å². The molecule has 0 saturated carbocycles. The molecule has 4 nitrogen and oxygen atoms in total. The van der Waals surface area contributed by atoms with E-state index in [0.29, 0.717) is 5.75 Å². The molecule has 1 N–H and O–H groups in total. The van der Waals surface area contributed by atoms with Crippen LogP contribution in [0.4, 0.5) is 0 Å². The van der Waals surface area contributed by atoms with Crippen molar-refractivity contribution in [3.63, 3.8) is 0 Å². The maximum Gasteiger partial charge on any atom is 0.312 e. The molecule has 1 aliphatic heterocycles. The van der Waals surface area contributed by atoms with Crippen LogP contribution in [-0.4, -0.2) is 16.9 Å². The molecule has 1 aromatic rings. The minimum atomic E-state index is -0.386. The third kappa shape index (κ3) is 1.90. The van der Waals surface area contributed by atoms with Gasteiger partial charge in [0.1, 0.15) is 11.5 Å². The van der Waals surface area contributed by atoms with Gasteiger partial charge in [0, 0.05) is 17.0 Å². The van der Waals surface area contributed by atoms with Crippen LogP contribution in [0.15, 0.2) is 12.1 Å². The average molecular weight is 234 g/mol. The molecular weight excluding hydrogens is 220 g/mol. The number of esters is 1. The van der Waals surface area contributed by atoms with E-state index < -0.39 is 0 Å². The van der Waals surface area contributed by atoms with Crippen molar-refractivity contribution in [1.82, 2.24) is 0 Å². The van der Waals surface area contributed by atoms with E-state index >= 15 is 0 Å². The first-order chi connectivity index (χ1) is 7.81. The Labute approximate surface area is 99.2 Å². The summed E-state index contributed by atoms with van der Waals surface area (Å²) in [6.07, 6.45) is 0.266. The average Bonchev–Trinajstić information content (AvgIpc) is 2.13. The van der Waals surface area contributed by atoms with E-state index in [4.69, 9.17) is 4.74 Å². The highest BCUT2D eigenvalue weighted by atomic mass is 16.5. The van der Waals surface area contributed by atoms with Gasteiger partial charge in [-0.25, -0.2) is 0 Å². The minimum absolute atomic E-state index is 0.151. The number of rotatable bonds is 1. The number of ketones is 1. The van der Waals surface area contributed by atoms with Crippen LogP contribution in [0.2, 0.25) is 0 Å². The Morgan fingerprint density at radius 2 is 2.06 bits per heavy atom. The van der Waals surface area contributed by atoms with Crippen molar-refractivity contribution in [1.29, 1.82) is 0 Å². The van der Waals surface area contributed by atoms with Crippen molar-refractivity contribution < 1.29 is 19.4 Å². The largest absolute Gasteiger partial charge is 0.507 e. The Morgan fingerprint density at radius 1 is 1.41 bits per heavy atom. The number of aromatic hydroxyl groups is 1. The van der Waals surface area contributed by atoms with Gasteiger partial charge in [-0.2, -0.15) is 0 Å². The van der Waals surface area contributed by atoms with Crippen molar-refractivity contribution in [2.45, 2.75) is 32.6 Å². The fourth-order valence-electron chi connectivity index (χ4n) is 2.08. The van der Waals surface area contributed by atoms with Gasteiger partial charge in [-0.15, -0.1) is 0 Å². The molecule has 1 aliphatic rings. The van der Waals surface area contributed by atoms with E-state index in [1.54, 1.807) is 6.07 Å². The molecule has 2 rings (SSSR count). The van der Waals surface area contributed by atoms with E-state index in [0.717, 1.165) is 5.56 Å². The number of carbonyl (C=O) groups is 2. The van der Waals surface area contributed by atoms with Crippen LogP contribution in [0.5, 0.6) is 11.5 Å². The van der Waals surface area contributed by atoms with E-state index in [9.17, 15) is 14.7 Å². The van der Waals surface area contributed by atoms with Gasteiger partial charge in [-0.3, -0.25) is 9.59 Å². The summed E-state index contributed by atoms with van der Waals surface area (Å²) < 4.78 is 5.07. The summed E-state index contributed by atoms with van der Waals surface area (Å²) in [6, 6.07) is 2.95. The summed E-state index contributed by atoms with van der Waals surface area (Å²) in [6.45, 7) is 5.21. The van der Waals surface area contributed by atoms with Crippen molar-refractivity contribution in [3.8, 4) is 11.5 Å². The van der Waals surface area contributed by atoms with E-state index in [-0.39, 0.29) is 34.9 Å². The molecule has 0 aliphatic carbocycles. The Morgan fingerprint density at radius 3 is 2.65 bits per heavy atom. The van der Waals surface area contributed by atoms with Crippen molar-refractivity contribution in [2.24, 2.45) is 0 Å². The fourth-order valence-corrected chi connectivity index (χ4v) is 2.08. The summed E-state index contributed by atoms with van der Waals surface area (Å²) in [4.78, 5) is 22.8. The van der Waals surface area contributed by atoms with Gasteiger partial charge in [0.05, 0.1) is 12.0 Å². The zero-order valence-corrected chi connectivity index (χ0v) is 10.0. The van der Waals surface area contributed by atoms with Gasteiger partial charge in [0.15, 0.2) is 5.78 Å². The van der Waals surface area contributed by atoms with Gasteiger partial charge >= 0.3 is 5.97 Å². The highest BCUT2D eigenvalue weighted by Gasteiger charge is 2.34. The van der Waals surface area contributed by atoms with Crippen molar-refractivity contribution >= 4 is 11.8 Å². The number of benzene rings is 1. The van der Waals surface area contributed by atoms with Crippen LogP contribution in [0.1, 0.15) is 43.1 Å². The lowest BCUT2D eigenvalue weighted by molar-refractivity contribution is -0.136. The number of Topliss-reactive ketones (excluding diaryl/α,β-unsaturated/α-hetero) is 1. The molecule has 0 amide bonds. The lowest BCUT2D eigenvalue weighted by Gasteiger charge is -2.31. The third-order valence-corrected chi connectivity index (χ3v) is 3.02. The molecule has 0 saturated heterocycles. The number of hydrogen-bond donors (Lipinski definition) is 1. The van der Waals surface area contributed by atoms with Crippen LogP contribution >= 0.6 is 0 Å². The summed E-state index contributed by atoms with van der Waals surface area (Å²) >= 11 is 0. The predicted molar refractivity (Wildman–Crippen MR) is 61.4 cm³/mol. The second-order valence-corrected chi connectivity index (χ2v) is 4.96. The van der Waals surface area contributed by atoms with E-state index in [1.165, 1.54) is 13.0 Å². The highest BCUT2D eigenvalue weighted by molar-refractivity contribution is 5.97. The monoisotopic (exact) mass is 234 g/mol. The second kappa shape index (κ2) is 3.58. The molecule has 4 heteroatoms. The number of fused-ring (bicyclic) bond motifs is 1. The normalized spacial score (nSPS) is 17.2. The quantitative estimate of drug-likeness (QED) is 0.459. The molecule has 0 unspecified atom stereocenters. The first-order valence-corrected chi connectivity index (χ1v) is 5.40. The minimum Gasteiger partial charge on any atom is -0.507 e. The van der Waals surface area contributed by atoms with E-state index in [2.05, 4.69) is 0 Å². The lowest BCUT2D eigenvalue weighted by Crippen LogP contribution is -2.30. The SMILES string of the molecule is CC(=O)c1cc2c(cc1O)OC(=O)CC2(C)C. The molecule has 0 aromatic heterocycles. The summed E-state index contributed by atoms with van der Waals surface area (Å²) in [5, 5.41) is 9.68. The topological polar surface area (TPSA) is 63.6 Å². The van der Waals surface area contributed by atoms with Gasteiger partial charge in [0.25, 0.3) is 0 Å². The number of carbonyl (C=O) groups excluding carboxylic acids is 2. The van der Waals surface area contributed by atoms with Crippen LogP contribution in [0.25, 0.3) is 0 Å². The molecule has 0 spiro atoms. The predicted octanol–water partition coefficient (Wildman–Crippen LogP) is 2.18. The Kier molecular flexibility index (Phi) is 2.45. The smallest absolute Gasteiger partial charge is 0.312 e. The number of hydrogen-bond acceptors (Lipinski definition) is 4. The van der Waals surface area contributed by atoms with Gasteiger partial charge in [0.2, 0.25) is 0 Å².